The minimum absolute atomic E-state index is 0.0107. The summed E-state index contributed by atoms with van der Waals surface area (Å²) in [6.07, 6.45) is 1.61. The van der Waals surface area contributed by atoms with Crippen molar-refractivity contribution in [1.29, 1.82) is 0 Å². The Bertz CT molecular complexity index is 626. The molecule has 2 heterocycles. The minimum Gasteiger partial charge on any atom is -0.497 e. The van der Waals surface area contributed by atoms with Crippen LogP contribution in [0.4, 0.5) is 4.79 Å². The molecule has 1 N–H and O–H groups in total. The van der Waals surface area contributed by atoms with Gasteiger partial charge >= 0.3 is 6.03 Å². The van der Waals surface area contributed by atoms with E-state index in [0.717, 1.165) is 19.4 Å². The Labute approximate surface area is 141 Å². The average Bonchev–Trinajstić information content (AvgIpc) is 3.06. The molecule has 1 aromatic rings. The fourth-order valence-electron chi connectivity index (χ4n) is 3.36. The van der Waals surface area contributed by atoms with Gasteiger partial charge < -0.3 is 24.6 Å². The number of piperidine rings is 1. The topological polar surface area (TPSA) is 71.1 Å². The molecule has 0 spiro atoms. The van der Waals surface area contributed by atoms with Crippen molar-refractivity contribution in [1.82, 2.24) is 15.1 Å². The Balaban J connectivity index is 1.66. The normalized spacial score (nSPS) is 18.5. The van der Waals surface area contributed by atoms with Crippen molar-refractivity contribution < 1.29 is 19.1 Å². The first-order chi connectivity index (χ1) is 11.6. The van der Waals surface area contributed by atoms with Gasteiger partial charge in [0.2, 0.25) is 0 Å². The third kappa shape index (κ3) is 3.11. The van der Waals surface area contributed by atoms with E-state index in [1.165, 1.54) is 0 Å². The van der Waals surface area contributed by atoms with Crippen molar-refractivity contribution in [2.24, 2.45) is 0 Å². The molecule has 3 rings (SSSR count). The van der Waals surface area contributed by atoms with E-state index < -0.39 is 0 Å². The Morgan fingerprint density at radius 1 is 1.17 bits per heavy atom. The van der Waals surface area contributed by atoms with E-state index in [1.54, 1.807) is 32.4 Å². The number of likely N-dealkylation sites (tertiary alicyclic amines) is 1. The summed E-state index contributed by atoms with van der Waals surface area (Å²) in [4.78, 5) is 28.3. The van der Waals surface area contributed by atoms with Crippen LogP contribution in [-0.2, 0) is 0 Å². The molecule has 0 aliphatic carbocycles. The van der Waals surface area contributed by atoms with E-state index in [-0.39, 0.29) is 18.0 Å². The number of nitrogens with one attached hydrogen (secondary N) is 1. The smallest absolute Gasteiger partial charge is 0.317 e. The summed E-state index contributed by atoms with van der Waals surface area (Å²) in [5.74, 6) is 1.13. The average molecular weight is 333 g/mol. The number of ether oxygens (including phenoxy) is 2. The molecular formula is C17H23N3O4. The van der Waals surface area contributed by atoms with Crippen LogP contribution in [-0.4, -0.2) is 68.2 Å². The van der Waals surface area contributed by atoms with Gasteiger partial charge in [-0.3, -0.25) is 4.79 Å². The largest absolute Gasteiger partial charge is 0.497 e. The third-order valence-corrected chi connectivity index (χ3v) is 4.72. The zero-order chi connectivity index (χ0) is 17.1. The standard InChI is InChI=1S/C17H23N3O4/c1-23-13-3-4-14(15(11-13)24-2)16(21)19-8-5-12(6-9-19)20-10-7-18-17(20)22/h3-4,11-12H,5-10H2,1-2H3,(H,18,22). The number of rotatable bonds is 4. The van der Waals surface area contributed by atoms with E-state index in [9.17, 15) is 9.59 Å². The number of hydrogen-bond donors (Lipinski definition) is 1. The number of benzene rings is 1. The Morgan fingerprint density at radius 2 is 1.92 bits per heavy atom. The quantitative estimate of drug-likeness (QED) is 0.902. The molecule has 130 valence electrons. The van der Waals surface area contributed by atoms with Gasteiger partial charge in [-0.1, -0.05) is 0 Å². The first-order valence-electron chi connectivity index (χ1n) is 8.20. The number of carbonyl (C=O) groups is 2. The summed E-state index contributed by atoms with van der Waals surface area (Å²) >= 11 is 0. The second kappa shape index (κ2) is 6.98. The highest BCUT2D eigenvalue weighted by Crippen LogP contribution is 2.27. The predicted molar refractivity (Wildman–Crippen MR) is 88.6 cm³/mol. The van der Waals surface area contributed by atoms with Crippen LogP contribution in [0.25, 0.3) is 0 Å². The van der Waals surface area contributed by atoms with Gasteiger partial charge in [0.1, 0.15) is 11.5 Å². The van der Waals surface area contributed by atoms with Crippen molar-refractivity contribution in [2.45, 2.75) is 18.9 Å². The lowest BCUT2D eigenvalue weighted by atomic mass is 10.0. The Kier molecular flexibility index (Phi) is 4.78. The van der Waals surface area contributed by atoms with Crippen molar-refractivity contribution in [2.75, 3.05) is 40.4 Å². The van der Waals surface area contributed by atoms with Gasteiger partial charge in [-0.25, -0.2) is 4.79 Å². The SMILES string of the molecule is COc1ccc(C(=O)N2CCC(N3CCNC3=O)CC2)c(OC)c1. The molecule has 0 atom stereocenters. The van der Waals surface area contributed by atoms with Crippen molar-refractivity contribution in [3.63, 3.8) is 0 Å². The molecular weight excluding hydrogens is 310 g/mol. The molecule has 24 heavy (non-hydrogen) atoms. The summed E-state index contributed by atoms with van der Waals surface area (Å²) in [5, 5.41) is 2.83. The van der Waals surface area contributed by atoms with E-state index >= 15 is 0 Å². The van der Waals surface area contributed by atoms with E-state index in [4.69, 9.17) is 9.47 Å². The van der Waals surface area contributed by atoms with Crippen LogP contribution < -0.4 is 14.8 Å². The summed E-state index contributed by atoms with van der Waals surface area (Å²) in [6.45, 7) is 2.75. The maximum absolute atomic E-state index is 12.8. The molecule has 1 aromatic carbocycles. The van der Waals surface area contributed by atoms with Gasteiger partial charge in [0.25, 0.3) is 5.91 Å². The Hall–Kier alpha value is -2.44. The zero-order valence-corrected chi connectivity index (χ0v) is 14.1. The van der Waals surface area contributed by atoms with Crippen LogP contribution in [0.3, 0.4) is 0 Å². The molecule has 7 nitrogen and oxygen atoms in total. The highest BCUT2D eigenvalue weighted by atomic mass is 16.5. The fraction of sp³-hybridized carbons (Fsp3) is 0.529. The van der Waals surface area contributed by atoms with Crippen LogP contribution in [0.15, 0.2) is 18.2 Å². The minimum atomic E-state index is -0.0428. The summed E-state index contributed by atoms with van der Waals surface area (Å²) in [5.41, 5.74) is 0.538. The lowest BCUT2D eigenvalue weighted by molar-refractivity contribution is 0.0663. The van der Waals surface area contributed by atoms with Crippen molar-refractivity contribution >= 4 is 11.9 Å². The first kappa shape index (κ1) is 16.4. The summed E-state index contributed by atoms with van der Waals surface area (Å²) < 4.78 is 10.5. The second-order valence-corrected chi connectivity index (χ2v) is 6.01. The second-order valence-electron chi connectivity index (χ2n) is 6.01. The van der Waals surface area contributed by atoms with Crippen molar-refractivity contribution in [3.8, 4) is 11.5 Å². The zero-order valence-electron chi connectivity index (χ0n) is 14.1. The van der Waals surface area contributed by atoms with E-state index in [0.29, 0.717) is 36.7 Å². The van der Waals surface area contributed by atoms with Gasteiger partial charge in [-0.15, -0.1) is 0 Å². The molecule has 0 bridgehead atoms. The summed E-state index contributed by atoms with van der Waals surface area (Å²) in [6, 6.07) is 5.44. The third-order valence-electron chi connectivity index (χ3n) is 4.72. The van der Waals surface area contributed by atoms with Crippen LogP contribution in [0.2, 0.25) is 0 Å². The molecule has 0 radical (unpaired) electrons. The fourth-order valence-corrected chi connectivity index (χ4v) is 3.36. The number of amides is 3. The molecule has 2 saturated heterocycles. The van der Waals surface area contributed by atoms with E-state index in [1.807, 2.05) is 9.80 Å². The lowest BCUT2D eigenvalue weighted by Gasteiger charge is -2.36. The molecule has 3 amide bonds. The first-order valence-corrected chi connectivity index (χ1v) is 8.20. The number of nitrogens with zero attached hydrogens (tertiary/aromatic N) is 2. The number of methoxy groups -OCH3 is 2. The molecule has 2 fully saturated rings. The predicted octanol–water partition coefficient (Wildman–Crippen LogP) is 1.33. The van der Waals surface area contributed by atoms with Crippen molar-refractivity contribution in [3.05, 3.63) is 23.8 Å². The number of carbonyl (C=O) groups excluding carboxylic acids is 2. The van der Waals surface area contributed by atoms with Crippen LogP contribution >= 0.6 is 0 Å². The number of urea groups is 1. The molecule has 0 unspecified atom stereocenters. The van der Waals surface area contributed by atoms with Gasteiger partial charge in [0, 0.05) is 38.3 Å². The van der Waals surface area contributed by atoms with Crippen LogP contribution in [0.5, 0.6) is 11.5 Å². The maximum atomic E-state index is 12.8. The molecule has 7 heteroatoms. The van der Waals surface area contributed by atoms with Gasteiger partial charge in [0.15, 0.2) is 0 Å². The van der Waals surface area contributed by atoms with Gasteiger partial charge in [-0.05, 0) is 25.0 Å². The summed E-state index contributed by atoms with van der Waals surface area (Å²) in [7, 11) is 3.12. The lowest BCUT2D eigenvalue weighted by Crippen LogP contribution is -2.47. The molecule has 2 aliphatic heterocycles. The molecule has 0 saturated carbocycles. The Morgan fingerprint density at radius 3 is 2.50 bits per heavy atom. The maximum Gasteiger partial charge on any atom is 0.317 e. The van der Waals surface area contributed by atoms with Gasteiger partial charge in [0.05, 0.1) is 19.8 Å². The van der Waals surface area contributed by atoms with Crippen LogP contribution in [0, 0.1) is 0 Å². The highest BCUT2D eigenvalue weighted by molar-refractivity contribution is 5.97. The van der Waals surface area contributed by atoms with Gasteiger partial charge in [-0.2, -0.15) is 0 Å². The molecule has 0 aromatic heterocycles. The highest BCUT2D eigenvalue weighted by Gasteiger charge is 2.32. The van der Waals surface area contributed by atoms with Crippen LogP contribution in [0.1, 0.15) is 23.2 Å². The molecule has 2 aliphatic rings. The van der Waals surface area contributed by atoms with E-state index in [2.05, 4.69) is 5.32 Å². The monoisotopic (exact) mass is 333 g/mol. The number of hydrogen-bond acceptors (Lipinski definition) is 4.